The Balaban J connectivity index is 1.92. The van der Waals surface area contributed by atoms with Gasteiger partial charge in [0, 0.05) is 17.1 Å². The van der Waals surface area contributed by atoms with Gasteiger partial charge in [-0.25, -0.2) is 0 Å². The number of hydrogen-bond donors (Lipinski definition) is 0. The number of carbonyl (C=O) groups excluding carboxylic acids is 1. The molecule has 0 unspecified atom stereocenters. The summed E-state index contributed by atoms with van der Waals surface area (Å²) in [6, 6.07) is 15.3. The lowest BCUT2D eigenvalue weighted by Crippen LogP contribution is -2.31. The second-order valence-corrected chi connectivity index (χ2v) is 5.65. The molecule has 110 valence electrons. The smallest absolute Gasteiger partial charge is 0.254 e. The van der Waals surface area contributed by atoms with Crippen LogP contribution in [0.25, 0.3) is 0 Å². The largest absolute Gasteiger partial charge is 0.492 e. The molecule has 0 atom stereocenters. The Morgan fingerprint density at radius 2 is 1.86 bits per heavy atom. The number of rotatable bonds is 5. The number of nitrogens with zero attached hydrogens (tertiary/aromatic N) is 1. The normalized spacial score (nSPS) is 10.2. The maximum Gasteiger partial charge on any atom is 0.254 e. The van der Waals surface area contributed by atoms with Crippen molar-refractivity contribution in [1.29, 1.82) is 0 Å². The third-order valence-corrected chi connectivity index (χ3v) is 4.14. The third kappa shape index (κ3) is 4.08. The van der Waals surface area contributed by atoms with Crippen molar-refractivity contribution in [2.24, 2.45) is 0 Å². The Morgan fingerprint density at radius 3 is 2.57 bits per heavy atom. The van der Waals surface area contributed by atoms with Gasteiger partial charge in [0.25, 0.3) is 5.91 Å². The van der Waals surface area contributed by atoms with Gasteiger partial charge < -0.3 is 9.64 Å². The predicted octanol–water partition coefficient (Wildman–Crippen LogP) is 3.91. The summed E-state index contributed by atoms with van der Waals surface area (Å²) in [4.78, 5) is 14.1. The average Bonchev–Trinajstić information content (AvgIpc) is 2.50. The molecule has 4 heteroatoms. The summed E-state index contributed by atoms with van der Waals surface area (Å²) in [5.74, 6) is 0.822. The van der Waals surface area contributed by atoms with Gasteiger partial charge in [0.1, 0.15) is 12.4 Å². The van der Waals surface area contributed by atoms with Crippen LogP contribution < -0.4 is 4.74 Å². The van der Waals surface area contributed by atoms with Crippen LogP contribution in [-0.4, -0.2) is 31.0 Å². The fourth-order valence-electron chi connectivity index (χ4n) is 1.96. The number of likely N-dealkylation sites (N-methyl/N-ethyl adjacent to an activating group) is 1. The highest BCUT2D eigenvalue weighted by molar-refractivity contribution is 9.10. The molecule has 0 N–H and O–H groups in total. The molecule has 3 nitrogen and oxygen atoms in total. The van der Waals surface area contributed by atoms with Crippen molar-refractivity contribution < 1.29 is 9.53 Å². The van der Waals surface area contributed by atoms with E-state index in [1.165, 1.54) is 0 Å². The van der Waals surface area contributed by atoms with E-state index >= 15 is 0 Å². The molecule has 0 heterocycles. The molecular weight excluding hydrogens is 330 g/mol. The van der Waals surface area contributed by atoms with Crippen molar-refractivity contribution in [3.8, 4) is 5.75 Å². The molecule has 0 bridgehead atoms. The van der Waals surface area contributed by atoms with E-state index in [0.717, 1.165) is 15.8 Å². The molecule has 21 heavy (non-hydrogen) atoms. The summed E-state index contributed by atoms with van der Waals surface area (Å²) < 4.78 is 6.56. The summed E-state index contributed by atoms with van der Waals surface area (Å²) in [7, 11) is 1.79. The second kappa shape index (κ2) is 7.27. The maximum absolute atomic E-state index is 12.4. The number of amides is 1. The van der Waals surface area contributed by atoms with Crippen molar-refractivity contribution >= 4 is 21.8 Å². The molecule has 0 saturated heterocycles. The summed E-state index contributed by atoms with van der Waals surface area (Å²) >= 11 is 3.45. The molecule has 0 spiro atoms. The first-order valence-corrected chi connectivity index (χ1v) is 7.57. The van der Waals surface area contributed by atoms with Gasteiger partial charge in [-0.15, -0.1) is 0 Å². The van der Waals surface area contributed by atoms with Crippen molar-refractivity contribution in [2.75, 3.05) is 20.2 Å². The molecule has 0 aromatic heterocycles. The molecule has 0 aliphatic heterocycles. The van der Waals surface area contributed by atoms with Crippen molar-refractivity contribution in [3.63, 3.8) is 0 Å². The predicted molar refractivity (Wildman–Crippen MR) is 87.8 cm³/mol. The molecule has 0 saturated carbocycles. The molecule has 2 aromatic carbocycles. The van der Waals surface area contributed by atoms with Gasteiger partial charge in [0.2, 0.25) is 0 Å². The van der Waals surface area contributed by atoms with Gasteiger partial charge in [-0.2, -0.15) is 0 Å². The number of hydrogen-bond acceptors (Lipinski definition) is 2. The van der Waals surface area contributed by atoms with Crippen molar-refractivity contribution in [1.82, 2.24) is 4.90 Å². The third-order valence-electron chi connectivity index (χ3n) is 3.28. The zero-order chi connectivity index (χ0) is 15.2. The van der Waals surface area contributed by atoms with Crippen LogP contribution in [0, 0.1) is 6.92 Å². The molecule has 0 fully saturated rings. The average molecular weight is 348 g/mol. The quantitative estimate of drug-likeness (QED) is 0.820. The van der Waals surface area contributed by atoms with Crippen LogP contribution in [0.5, 0.6) is 5.75 Å². The fraction of sp³-hybridized carbons (Fsp3) is 0.235. The molecule has 1 amide bonds. The molecular formula is C17H18BrNO2. The van der Waals surface area contributed by atoms with E-state index in [1.54, 1.807) is 11.9 Å². The van der Waals surface area contributed by atoms with Gasteiger partial charge in [0.15, 0.2) is 0 Å². The van der Waals surface area contributed by atoms with Crippen LogP contribution in [0.1, 0.15) is 15.9 Å². The lowest BCUT2D eigenvalue weighted by Gasteiger charge is -2.19. The summed E-state index contributed by atoms with van der Waals surface area (Å²) in [5.41, 5.74) is 1.67. The first-order valence-electron chi connectivity index (χ1n) is 6.78. The number of ether oxygens (including phenoxy) is 1. The highest BCUT2D eigenvalue weighted by atomic mass is 79.9. The Bertz CT molecular complexity index is 613. The van der Waals surface area contributed by atoms with E-state index < -0.39 is 0 Å². The summed E-state index contributed by atoms with van der Waals surface area (Å²) in [5, 5.41) is 0. The molecule has 2 aromatic rings. The number of benzene rings is 2. The van der Waals surface area contributed by atoms with Gasteiger partial charge in [-0.1, -0.05) is 40.2 Å². The van der Waals surface area contributed by atoms with Gasteiger partial charge >= 0.3 is 0 Å². The molecule has 0 aliphatic carbocycles. The Kier molecular flexibility index (Phi) is 5.39. The van der Waals surface area contributed by atoms with Crippen molar-refractivity contribution in [2.45, 2.75) is 6.92 Å². The van der Waals surface area contributed by atoms with E-state index in [2.05, 4.69) is 15.9 Å². The van der Waals surface area contributed by atoms with Crippen LogP contribution in [0.3, 0.4) is 0 Å². The van der Waals surface area contributed by atoms with E-state index in [9.17, 15) is 4.79 Å². The molecule has 2 rings (SSSR count). The SMILES string of the molecule is Cc1c(Br)cccc1C(=O)N(C)CCOc1ccccc1. The Hall–Kier alpha value is -1.81. The van der Waals surface area contributed by atoms with Crippen LogP contribution >= 0.6 is 15.9 Å². The number of para-hydroxylation sites is 1. The van der Waals surface area contributed by atoms with Crippen LogP contribution in [-0.2, 0) is 0 Å². The number of carbonyl (C=O) groups is 1. The van der Waals surface area contributed by atoms with E-state index in [1.807, 2.05) is 55.5 Å². The van der Waals surface area contributed by atoms with E-state index in [4.69, 9.17) is 4.74 Å². The second-order valence-electron chi connectivity index (χ2n) is 4.80. The highest BCUT2D eigenvalue weighted by Crippen LogP contribution is 2.20. The Morgan fingerprint density at radius 1 is 1.14 bits per heavy atom. The lowest BCUT2D eigenvalue weighted by molar-refractivity contribution is 0.0773. The minimum Gasteiger partial charge on any atom is -0.492 e. The first kappa shape index (κ1) is 15.6. The van der Waals surface area contributed by atoms with Crippen molar-refractivity contribution in [3.05, 3.63) is 64.1 Å². The fourth-order valence-corrected chi connectivity index (χ4v) is 2.33. The number of halogens is 1. The summed E-state index contributed by atoms with van der Waals surface area (Å²) in [6.07, 6.45) is 0. The maximum atomic E-state index is 12.4. The zero-order valence-electron chi connectivity index (χ0n) is 12.2. The first-order chi connectivity index (χ1) is 10.1. The van der Waals surface area contributed by atoms with Gasteiger partial charge in [-0.05, 0) is 36.8 Å². The standard InChI is InChI=1S/C17H18BrNO2/c1-13-15(9-6-10-16(13)18)17(20)19(2)11-12-21-14-7-4-3-5-8-14/h3-10H,11-12H2,1-2H3. The van der Waals surface area contributed by atoms with E-state index in [0.29, 0.717) is 18.7 Å². The minimum atomic E-state index is 0.00506. The molecule has 0 radical (unpaired) electrons. The highest BCUT2D eigenvalue weighted by Gasteiger charge is 2.15. The van der Waals surface area contributed by atoms with Crippen LogP contribution in [0.15, 0.2) is 53.0 Å². The van der Waals surface area contributed by atoms with Crippen LogP contribution in [0.2, 0.25) is 0 Å². The van der Waals surface area contributed by atoms with Gasteiger partial charge in [0.05, 0.1) is 6.54 Å². The van der Waals surface area contributed by atoms with E-state index in [-0.39, 0.29) is 5.91 Å². The topological polar surface area (TPSA) is 29.5 Å². The monoisotopic (exact) mass is 347 g/mol. The van der Waals surface area contributed by atoms with Crippen LogP contribution in [0.4, 0.5) is 0 Å². The molecule has 0 aliphatic rings. The summed E-state index contributed by atoms with van der Waals surface area (Å²) in [6.45, 7) is 2.95. The minimum absolute atomic E-state index is 0.00506. The lowest BCUT2D eigenvalue weighted by atomic mass is 10.1. The zero-order valence-corrected chi connectivity index (χ0v) is 13.8. The Labute approximate surface area is 133 Å². The van der Waals surface area contributed by atoms with Gasteiger partial charge in [-0.3, -0.25) is 4.79 Å².